The molecule has 14 atom stereocenters. The normalized spacial score (nSPS) is 37.0. The Bertz CT molecular complexity index is 1820. The van der Waals surface area contributed by atoms with Crippen LogP contribution in [0.5, 0.6) is 0 Å². The van der Waals surface area contributed by atoms with Gasteiger partial charge in [-0.05, 0) is 36.5 Å². The molecule has 0 radical (unpaired) electrons. The first kappa shape index (κ1) is 45.3. The van der Waals surface area contributed by atoms with E-state index in [1.54, 1.807) is 40.7 Å². The van der Waals surface area contributed by atoms with Crippen molar-refractivity contribution in [2.75, 3.05) is 13.7 Å². The fourth-order valence-electron chi connectivity index (χ4n) is 10.2. The molecule has 2 saturated carbocycles. The molecule has 0 amide bonds. The van der Waals surface area contributed by atoms with Crippen LogP contribution in [-0.4, -0.2) is 109 Å². The lowest BCUT2D eigenvalue weighted by Gasteiger charge is -2.59. The van der Waals surface area contributed by atoms with Crippen molar-refractivity contribution >= 4 is 42.3 Å². The van der Waals surface area contributed by atoms with E-state index in [1.165, 1.54) is 19.5 Å². The highest BCUT2D eigenvalue weighted by atomic mass is 16.7. The summed E-state index contributed by atoms with van der Waals surface area (Å²) in [6, 6.07) is 1.66. The average molecular weight is 833 g/mol. The molecule has 1 N–H and O–H groups in total. The van der Waals surface area contributed by atoms with Crippen molar-refractivity contribution in [2.45, 2.75) is 135 Å². The van der Waals surface area contributed by atoms with Crippen molar-refractivity contribution in [1.29, 1.82) is 0 Å². The quantitative estimate of drug-likeness (QED) is 0.0876. The summed E-state index contributed by atoms with van der Waals surface area (Å²) in [6.45, 7) is 17.9. The Morgan fingerprint density at radius 3 is 2.22 bits per heavy atom. The van der Waals surface area contributed by atoms with E-state index in [1.807, 2.05) is 6.92 Å². The minimum Gasteiger partial charge on any atom is -0.472 e. The zero-order valence-electron chi connectivity index (χ0n) is 35.2. The van der Waals surface area contributed by atoms with E-state index in [2.05, 4.69) is 6.58 Å². The summed E-state index contributed by atoms with van der Waals surface area (Å²) in [6.07, 6.45) is -6.15. The lowest BCUT2D eigenvalue weighted by atomic mass is 9.47. The Labute approximate surface area is 342 Å². The molecule has 2 saturated heterocycles. The van der Waals surface area contributed by atoms with Gasteiger partial charge in [0.05, 0.1) is 43.8 Å². The van der Waals surface area contributed by atoms with Crippen molar-refractivity contribution in [2.24, 2.45) is 34.5 Å². The molecular weight excluding hydrogens is 776 g/mol. The smallest absolute Gasteiger partial charge is 0.335 e. The molecule has 1 aromatic rings. The van der Waals surface area contributed by atoms with Gasteiger partial charge in [-0.25, -0.2) is 4.79 Å². The molecule has 2 aliphatic carbocycles. The second-order valence-electron chi connectivity index (χ2n) is 17.1. The van der Waals surface area contributed by atoms with Crippen molar-refractivity contribution in [3.8, 4) is 0 Å². The van der Waals surface area contributed by atoms with E-state index in [9.17, 15) is 38.7 Å². The molecule has 2 unspecified atom stereocenters. The van der Waals surface area contributed by atoms with Crippen LogP contribution in [0.2, 0.25) is 0 Å². The van der Waals surface area contributed by atoms with Gasteiger partial charge in [0.15, 0.2) is 6.10 Å². The third kappa shape index (κ3) is 7.53. The minimum atomic E-state index is -1.85. The Morgan fingerprint density at radius 2 is 1.68 bits per heavy atom. The van der Waals surface area contributed by atoms with Crippen molar-refractivity contribution in [3.05, 3.63) is 36.3 Å². The highest BCUT2D eigenvalue weighted by Crippen LogP contribution is 2.77. The Kier molecular flexibility index (Phi) is 12.8. The van der Waals surface area contributed by atoms with Crippen LogP contribution in [0.4, 0.5) is 0 Å². The molecule has 17 heteroatoms. The zero-order chi connectivity index (χ0) is 44.0. The Hall–Kier alpha value is -4.77. The number of aliphatic hydroxyl groups is 1. The van der Waals surface area contributed by atoms with Crippen LogP contribution in [-0.2, 0) is 71.5 Å². The lowest BCUT2D eigenvalue weighted by Crippen LogP contribution is -2.68. The molecular formula is C42H56O17. The van der Waals surface area contributed by atoms with Gasteiger partial charge in [0, 0.05) is 37.0 Å². The number of esters is 6. The van der Waals surface area contributed by atoms with E-state index in [0.717, 1.165) is 21.0 Å². The average Bonchev–Trinajstić information content (AvgIpc) is 3.64. The maximum atomic E-state index is 14.1. The summed E-state index contributed by atoms with van der Waals surface area (Å²) in [5.74, 6) is -9.56. The third-order valence-electron chi connectivity index (χ3n) is 13.3. The predicted octanol–water partition coefficient (Wildman–Crippen LogP) is 3.52. The Balaban J connectivity index is 1.87. The molecule has 17 nitrogen and oxygen atoms in total. The molecule has 59 heavy (non-hydrogen) atoms. The molecule has 326 valence electrons. The summed E-state index contributed by atoms with van der Waals surface area (Å²) in [7, 11) is 1.14. The van der Waals surface area contributed by atoms with Crippen LogP contribution >= 0.6 is 0 Å². The lowest BCUT2D eigenvalue weighted by molar-refractivity contribution is -0.228. The van der Waals surface area contributed by atoms with Gasteiger partial charge in [-0.3, -0.25) is 28.8 Å². The van der Waals surface area contributed by atoms with Gasteiger partial charge in [-0.15, -0.1) is 0 Å². The number of aliphatic hydroxyl groups excluding tert-OH is 1. The first-order valence-corrected chi connectivity index (χ1v) is 19.8. The second-order valence-corrected chi connectivity index (χ2v) is 17.1. The second kappa shape index (κ2) is 16.7. The van der Waals surface area contributed by atoms with Crippen LogP contribution in [0, 0.1) is 34.5 Å². The maximum absolute atomic E-state index is 14.1. The van der Waals surface area contributed by atoms with Crippen molar-refractivity contribution < 1.29 is 81.0 Å². The van der Waals surface area contributed by atoms with Crippen molar-refractivity contribution in [1.82, 2.24) is 0 Å². The largest absolute Gasteiger partial charge is 0.472 e. The number of rotatable bonds is 15. The third-order valence-corrected chi connectivity index (χ3v) is 13.3. The number of methoxy groups -OCH3 is 1. The number of furan rings is 1. The maximum Gasteiger partial charge on any atom is 0.335 e. The van der Waals surface area contributed by atoms with Gasteiger partial charge in [-0.2, -0.15) is 0 Å². The van der Waals surface area contributed by atoms with Crippen LogP contribution in [0.15, 0.2) is 35.2 Å². The van der Waals surface area contributed by atoms with Gasteiger partial charge in [0.2, 0.25) is 0 Å². The fourth-order valence-corrected chi connectivity index (χ4v) is 10.2. The SMILES string of the molecule is C=C1[C@@H]([C@@]2(C)[C@@H](OC(C)=O)CC(=O)O[C@](C)(COC(C)=O)[C@@H]2CC(=O)OC)[C@@H](OC=O)[C@H](OC(=O)C(O)C(C)C)[C@@]2(C)[C@H](c3ccoc3)[C@@H](OC(=O)C(C)CC)[C@H]3O[C@]132. The summed E-state index contributed by atoms with van der Waals surface area (Å²) in [4.78, 5) is 93.0. The molecule has 4 aliphatic rings. The molecule has 4 fully saturated rings. The number of hydrogen-bond donors (Lipinski definition) is 1. The van der Waals surface area contributed by atoms with Crippen LogP contribution in [0.25, 0.3) is 0 Å². The van der Waals surface area contributed by atoms with Crippen LogP contribution < -0.4 is 0 Å². The Morgan fingerprint density at radius 1 is 1.00 bits per heavy atom. The summed E-state index contributed by atoms with van der Waals surface area (Å²) in [5, 5.41) is 11.1. The van der Waals surface area contributed by atoms with Gasteiger partial charge in [0.25, 0.3) is 6.47 Å². The van der Waals surface area contributed by atoms with E-state index in [0.29, 0.717) is 12.0 Å². The number of cyclic esters (lactones) is 1. The minimum absolute atomic E-state index is 0.134. The van der Waals surface area contributed by atoms with E-state index < -0.39 is 144 Å². The van der Waals surface area contributed by atoms with Crippen molar-refractivity contribution in [3.63, 3.8) is 0 Å². The summed E-state index contributed by atoms with van der Waals surface area (Å²) < 4.78 is 53.4. The van der Waals surface area contributed by atoms with Gasteiger partial charge in [-0.1, -0.05) is 48.1 Å². The number of carbonyl (C=O) groups excluding carboxylic acids is 7. The highest BCUT2D eigenvalue weighted by Gasteiger charge is 2.88. The summed E-state index contributed by atoms with van der Waals surface area (Å²) >= 11 is 0. The van der Waals surface area contributed by atoms with Gasteiger partial charge >= 0.3 is 35.8 Å². The van der Waals surface area contributed by atoms with Crippen LogP contribution in [0.1, 0.15) is 93.1 Å². The molecule has 3 heterocycles. The molecule has 0 aromatic carbocycles. The topological polar surface area (TPSA) is 230 Å². The van der Waals surface area contributed by atoms with Gasteiger partial charge < -0.3 is 47.4 Å². The number of hydrogen-bond acceptors (Lipinski definition) is 17. The number of ether oxygens (including phenoxy) is 8. The molecule has 0 bridgehead atoms. The molecule has 5 rings (SSSR count). The van der Waals surface area contributed by atoms with E-state index in [-0.39, 0.29) is 12.0 Å². The highest BCUT2D eigenvalue weighted by molar-refractivity contribution is 5.76. The molecule has 1 spiro atoms. The number of carbonyl (C=O) groups is 7. The monoisotopic (exact) mass is 832 g/mol. The molecule has 1 aromatic heterocycles. The first-order valence-electron chi connectivity index (χ1n) is 19.8. The summed E-state index contributed by atoms with van der Waals surface area (Å²) in [5.41, 5.74) is -6.05. The van der Waals surface area contributed by atoms with Crippen LogP contribution in [0.3, 0.4) is 0 Å². The first-order chi connectivity index (χ1) is 27.6. The van der Waals surface area contributed by atoms with E-state index >= 15 is 0 Å². The van der Waals surface area contributed by atoms with E-state index in [4.69, 9.17) is 42.3 Å². The zero-order valence-corrected chi connectivity index (χ0v) is 35.2. The fraction of sp³-hybridized carbons (Fsp3) is 0.690. The standard InChI is InChI=1S/C42H56O17/c1-12-21(4)37(49)56-34-31(25-13-14-52-17-25)41(10)35(57-38(50)32(48)20(2)3)33(54-19-43)30(22(5)42(41)36(34)59-42)40(9)26(15-28(46)51-11)39(8,18-53-23(6)44)58-29(47)16-27(40)55-24(7)45/h13-14,17,19-21,26-27,30-36,48H,5,12,15-16,18H2,1-4,6-11H3/t21?,26-,27-,30+,31+,32?,33+,34+,35-,36+,39+,40+,41+,42+/m0/s1. The molecule has 2 aliphatic heterocycles. The van der Waals surface area contributed by atoms with Gasteiger partial charge in [0.1, 0.15) is 48.3 Å². The number of epoxide rings is 1. The predicted molar refractivity (Wildman–Crippen MR) is 200 cm³/mol.